The Kier molecular flexibility index (Phi) is 3.39. The van der Waals surface area contributed by atoms with Crippen molar-refractivity contribution in [2.24, 2.45) is 0 Å². The average molecular weight is 179 g/mol. The van der Waals surface area contributed by atoms with Gasteiger partial charge in [0.1, 0.15) is 5.60 Å². The first-order valence-corrected chi connectivity index (χ1v) is 3.44. The van der Waals surface area contributed by atoms with Crippen LogP contribution in [-0.4, -0.2) is 11.8 Å². The van der Waals surface area contributed by atoms with E-state index in [-0.39, 0.29) is 5.22 Å². The van der Waals surface area contributed by atoms with Gasteiger partial charge in [0.15, 0.2) is 5.22 Å². The molecule has 0 radical (unpaired) electrons. The van der Waals surface area contributed by atoms with Gasteiger partial charge >= 0.3 is 6.16 Å². The molecule has 0 spiro atoms. The second-order valence-corrected chi connectivity index (χ2v) is 3.34. The molecular weight excluding hydrogens is 168 g/mol. The Morgan fingerprint density at radius 3 is 2.18 bits per heavy atom. The van der Waals surface area contributed by atoms with Crippen LogP contribution >= 0.6 is 11.6 Å². The summed E-state index contributed by atoms with van der Waals surface area (Å²) in [5.74, 6) is 0. The van der Waals surface area contributed by atoms with Gasteiger partial charge in [-0.05, 0) is 39.0 Å². The Bertz CT molecular complexity index is 169. The normalized spacial score (nSPS) is 10.5. The highest BCUT2D eigenvalue weighted by Crippen LogP contribution is 2.10. The number of carbonyl (C=O) groups excluding carboxylic acids is 1. The molecule has 0 atom stereocenters. The van der Waals surface area contributed by atoms with Crippen LogP contribution in [0.5, 0.6) is 0 Å². The summed E-state index contributed by atoms with van der Waals surface area (Å²) in [6.07, 6.45) is -0.836. The van der Waals surface area contributed by atoms with Crippen molar-refractivity contribution >= 4 is 17.8 Å². The molecule has 0 fully saturated rings. The van der Waals surface area contributed by atoms with Crippen LogP contribution in [0.1, 0.15) is 20.8 Å². The van der Waals surface area contributed by atoms with Gasteiger partial charge in [-0.25, -0.2) is 4.79 Å². The van der Waals surface area contributed by atoms with Crippen molar-refractivity contribution in [2.45, 2.75) is 26.4 Å². The first-order chi connectivity index (χ1) is 4.81. The van der Waals surface area contributed by atoms with E-state index in [1.165, 1.54) is 0 Å². The lowest BCUT2D eigenvalue weighted by molar-refractivity contribution is 0.00952. The zero-order chi connectivity index (χ0) is 9.07. The fourth-order valence-corrected chi connectivity index (χ4v) is 0.424. The molecule has 0 N–H and O–H groups in total. The zero-order valence-corrected chi connectivity index (χ0v) is 7.57. The van der Waals surface area contributed by atoms with Crippen molar-refractivity contribution in [2.75, 3.05) is 0 Å². The number of halogens is 1. The van der Waals surface area contributed by atoms with E-state index in [4.69, 9.17) is 16.3 Å². The Morgan fingerprint density at radius 1 is 1.45 bits per heavy atom. The van der Waals surface area contributed by atoms with Crippen molar-refractivity contribution in [1.82, 2.24) is 0 Å². The molecule has 0 aromatic rings. The van der Waals surface area contributed by atoms with E-state index in [0.717, 1.165) is 0 Å². The minimum atomic E-state index is -0.836. The summed E-state index contributed by atoms with van der Waals surface area (Å²) in [6.45, 7) is 8.35. The maximum Gasteiger partial charge on any atom is 0.515 e. The molecule has 0 saturated carbocycles. The smallest absolute Gasteiger partial charge is 0.428 e. The van der Waals surface area contributed by atoms with Gasteiger partial charge in [0.25, 0.3) is 0 Å². The molecule has 0 aliphatic carbocycles. The molecule has 0 aromatic heterocycles. The molecule has 0 amide bonds. The molecule has 0 rings (SSSR count). The zero-order valence-electron chi connectivity index (χ0n) is 6.81. The molecule has 0 heterocycles. The maximum atomic E-state index is 10.7. The predicted octanol–water partition coefficient (Wildman–Crippen LogP) is 2.65. The summed E-state index contributed by atoms with van der Waals surface area (Å²) < 4.78 is 9.08. The molecule has 11 heavy (non-hydrogen) atoms. The maximum absolute atomic E-state index is 10.7. The molecule has 64 valence electrons. The second kappa shape index (κ2) is 3.62. The van der Waals surface area contributed by atoms with Crippen LogP contribution in [0.25, 0.3) is 0 Å². The molecule has 0 aromatic carbocycles. The summed E-state index contributed by atoms with van der Waals surface area (Å²) in [5.41, 5.74) is -0.566. The SMILES string of the molecule is C=C(Cl)OC(=O)OC(C)(C)C. The third-order valence-electron chi connectivity index (χ3n) is 0.584. The van der Waals surface area contributed by atoms with Crippen LogP contribution in [0.3, 0.4) is 0 Å². The number of hydrogen-bond acceptors (Lipinski definition) is 3. The molecule has 0 unspecified atom stereocenters. The average Bonchev–Trinajstić information content (AvgIpc) is 1.53. The number of carbonyl (C=O) groups is 1. The van der Waals surface area contributed by atoms with E-state index in [9.17, 15) is 4.79 Å². The summed E-state index contributed by atoms with van der Waals surface area (Å²) in [5, 5.41) is -0.195. The van der Waals surface area contributed by atoms with Gasteiger partial charge in [0.05, 0.1) is 0 Å². The Hall–Kier alpha value is -0.700. The first kappa shape index (κ1) is 10.3. The minimum Gasteiger partial charge on any atom is -0.428 e. The van der Waals surface area contributed by atoms with Gasteiger partial charge < -0.3 is 9.47 Å². The van der Waals surface area contributed by atoms with Gasteiger partial charge in [-0.3, -0.25) is 0 Å². The molecule has 3 nitrogen and oxygen atoms in total. The largest absolute Gasteiger partial charge is 0.515 e. The Labute approximate surface area is 70.9 Å². The molecular formula is C7H11ClO3. The van der Waals surface area contributed by atoms with Gasteiger partial charge in [0.2, 0.25) is 0 Å². The van der Waals surface area contributed by atoms with E-state index >= 15 is 0 Å². The number of rotatable bonds is 1. The van der Waals surface area contributed by atoms with Crippen molar-refractivity contribution < 1.29 is 14.3 Å². The van der Waals surface area contributed by atoms with Crippen LogP contribution in [0, 0.1) is 0 Å². The highest BCUT2D eigenvalue weighted by molar-refractivity contribution is 6.28. The summed E-state index contributed by atoms with van der Waals surface area (Å²) in [4.78, 5) is 10.7. The van der Waals surface area contributed by atoms with Crippen LogP contribution < -0.4 is 0 Å². The lowest BCUT2D eigenvalue weighted by atomic mass is 10.2. The topological polar surface area (TPSA) is 35.5 Å². The van der Waals surface area contributed by atoms with Gasteiger partial charge in [-0.1, -0.05) is 0 Å². The lowest BCUT2D eigenvalue weighted by Crippen LogP contribution is -2.23. The van der Waals surface area contributed by atoms with Crippen molar-refractivity contribution in [1.29, 1.82) is 0 Å². The van der Waals surface area contributed by atoms with Crippen LogP contribution in [0.2, 0.25) is 0 Å². The molecule has 0 bridgehead atoms. The molecule has 0 aliphatic heterocycles. The first-order valence-electron chi connectivity index (χ1n) is 3.06. The van der Waals surface area contributed by atoms with Crippen molar-refractivity contribution in [3.8, 4) is 0 Å². The van der Waals surface area contributed by atoms with Crippen molar-refractivity contribution in [3.05, 3.63) is 11.8 Å². The number of ether oxygens (including phenoxy) is 2. The standard InChI is InChI=1S/C7H11ClO3/c1-5(8)10-6(9)11-7(2,3)4/h1H2,2-4H3. The second-order valence-electron chi connectivity index (χ2n) is 2.92. The fourth-order valence-electron chi connectivity index (χ4n) is 0.361. The lowest BCUT2D eigenvalue weighted by Gasteiger charge is -2.18. The third-order valence-corrected chi connectivity index (χ3v) is 0.661. The molecule has 4 heteroatoms. The molecule has 0 saturated heterocycles. The Balaban J connectivity index is 3.80. The summed E-state index contributed by atoms with van der Waals surface area (Å²) in [7, 11) is 0. The molecule has 0 aliphatic rings. The monoisotopic (exact) mass is 178 g/mol. The van der Waals surface area contributed by atoms with Crippen LogP contribution in [0.15, 0.2) is 11.8 Å². The van der Waals surface area contributed by atoms with E-state index < -0.39 is 11.8 Å². The van der Waals surface area contributed by atoms with Crippen LogP contribution in [0.4, 0.5) is 4.79 Å². The highest BCUT2D eigenvalue weighted by Gasteiger charge is 2.17. The summed E-state index contributed by atoms with van der Waals surface area (Å²) in [6, 6.07) is 0. The quantitative estimate of drug-likeness (QED) is 0.458. The number of hydrogen-bond donors (Lipinski definition) is 0. The van der Waals surface area contributed by atoms with Gasteiger partial charge in [-0.15, -0.1) is 0 Å². The van der Waals surface area contributed by atoms with E-state index in [2.05, 4.69) is 11.3 Å². The highest BCUT2D eigenvalue weighted by atomic mass is 35.5. The van der Waals surface area contributed by atoms with Crippen molar-refractivity contribution in [3.63, 3.8) is 0 Å². The predicted molar refractivity (Wildman–Crippen MR) is 42.3 cm³/mol. The fraction of sp³-hybridized carbons (Fsp3) is 0.571. The van der Waals surface area contributed by atoms with E-state index in [0.29, 0.717) is 0 Å². The van der Waals surface area contributed by atoms with E-state index in [1.54, 1.807) is 20.8 Å². The van der Waals surface area contributed by atoms with Crippen LogP contribution in [-0.2, 0) is 9.47 Å². The van der Waals surface area contributed by atoms with E-state index in [1.807, 2.05) is 0 Å². The van der Waals surface area contributed by atoms with Gasteiger partial charge in [0, 0.05) is 0 Å². The third kappa shape index (κ3) is 7.19. The summed E-state index contributed by atoms with van der Waals surface area (Å²) >= 11 is 5.18. The Morgan fingerprint density at radius 2 is 1.91 bits per heavy atom. The minimum absolute atomic E-state index is 0.195. The van der Waals surface area contributed by atoms with Gasteiger partial charge in [-0.2, -0.15) is 0 Å².